The molecule has 5 aromatic rings. The number of aromatic amines is 1. The van der Waals surface area contributed by atoms with Crippen molar-refractivity contribution in [2.45, 2.75) is 13.3 Å². The maximum atomic E-state index is 11.0. The Labute approximate surface area is 206 Å². The molecule has 5 rings (SSSR count). The van der Waals surface area contributed by atoms with E-state index in [1.807, 2.05) is 42.5 Å². The minimum absolute atomic E-state index is 0. The van der Waals surface area contributed by atoms with Crippen LogP contribution in [-0.2, 0) is 11.2 Å². The molecule has 3 N–H and O–H groups in total. The number of rotatable bonds is 5. The third-order valence-electron chi connectivity index (χ3n) is 4.96. The molecule has 1 amide bonds. The second kappa shape index (κ2) is 10.3. The Hall–Kier alpha value is -3.93. The number of benzene rings is 2. The predicted octanol–water partition coefficient (Wildman–Crippen LogP) is 4.81. The first kappa shape index (κ1) is 23.2. The number of H-pyrrole nitrogens is 1. The molecule has 34 heavy (non-hydrogen) atoms. The van der Waals surface area contributed by atoms with E-state index in [1.165, 1.54) is 30.2 Å². The minimum atomic E-state index is -0.0981. The van der Waals surface area contributed by atoms with E-state index in [0.29, 0.717) is 6.54 Å². The van der Waals surface area contributed by atoms with Crippen LogP contribution in [0.3, 0.4) is 0 Å². The Balaban J connectivity index is 0.00000274. The molecule has 0 aliphatic rings. The fourth-order valence-corrected chi connectivity index (χ4v) is 4.38. The van der Waals surface area contributed by atoms with Crippen molar-refractivity contribution in [3.8, 4) is 11.8 Å². The van der Waals surface area contributed by atoms with E-state index < -0.39 is 0 Å². The Kier molecular flexibility index (Phi) is 7.07. The maximum absolute atomic E-state index is 11.0. The van der Waals surface area contributed by atoms with Crippen LogP contribution in [0.1, 0.15) is 23.2 Å². The quantitative estimate of drug-likeness (QED) is 0.308. The Bertz CT molecular complexity index is 1520. The Morgan fingerprint density at radius 1 is 1.09 bits per heavy atom. The van der Waals surface area contributed by atoms with Crippen molar-refractivity contribution in [1.82, 2.24) is 25.3 Å². The van der Waals surface area contributed by atoms with Crippen LogP contribution in [0.4, 0.5) is 11.5 Å². The van der Waals surface area contributed by atoms with Gasteiger partial charge in [0.1, 0.15) is 12.2 Å². The zero-order valence-corrected chi connectivity index (χ0v) is 19.9. The van der Waals surface area contributed by atoms with Crippen molar-refractivity contribution in [3.05, 3.63) is 77.2 Å². The maximum Gasteiger partial charge on any atom is 0.217 e. The number of fused-ring (bicyclic) bond motifs is 2. The van der Waals surface area contributed by atoms with E-state index in [9.17, 15) is 4.79 Å². The smallest absolute Gasteiger partial charge is 0.217 e. The van der Waals surface area contributed by atoms with Gasteiger partial charge in [-0.25, -0.2) is 15.0 Å². The highest BCUT2D eigenvalue weighted by Gasteiger charge is 2.10. The zero-order valence-electron chi connectivity index (χ0n) is 18.3. The molecule has 0 spiro atoms. The molecular weight excluding hydrogens is 468 g/mol. The van der Waals surface area contributed by atoms with Crippen LogP contribution in [0.5, 0.6) is 0 Å². The lowest BCUT2D eigenvalue weighted by Gasteiger charge is -2.05. The van der Waals surface area contributed by atoms with Gasteiger partial charge in [0.25, 0.3) is 0 Å². The summed E-state index contributed by atoms with van der Waals surface area (Å²) in [5.41, 5.74) is 4.82. The standard InChI is InChI=1S/C25H20N6OS.ClH/c1-16(32)26-11-5-8-19-14-22-24(33-19)25(28-15-27-22)29-18-9-10-20-21(13-18)31-23(30-20)12-17-6-3-2-4-7-17;/h2-4,6-7,9-10,13-15H,11-12H2,1H3,(H,26,32)(H,30,31)(H,27,28,29);1H. The van der Waals surface area contributed by atoms with Crippen LogP contribution in [0.25, 0.3) is 21.3 Å². The Morgan fingerprint density at radius 3 is 2.76 bits per heavy atom. The molecule has 0 unspecified atom stereocenters. The fourth-order valence-electron chi connectivity index (χ4n) is 3.45. The third kappa shape index (κ3) is 5.34. The van der Waals surface area contributed by atoms with Crippen molar-refractivity contribution in [2.75, 3.05) is 11.9 Å². The summed E-state index contributed by atoms with van der Waals surface area (Å²) in [4.78, 5) is 28.8. The van der Waals surface area contributed by atoms with Crippen molar-refractivity contribution >= 4 is 62.4 Å². The molecule has 3 heterocycles. The number of hydrogen-bond donors (Lipinski definition) is 3. The number of thiophene rings is 1. The first-order chi connectivity index (χ1) is 16.1. The van der Waals surface area contributed by atoms with Gasteiger partial charge in [0.2, 0.25) is 5.91 Å². The van der Waals surface area contributed by atoms with E-state index in [1.54, 1.807) is 0 Å². The number of amides is 1. The lowest BCUT2D eigenvalue weighted by Crippen LogP contribution is -2.19. The van der Waals surface area contributed by atoms with Gasteiger partial charge in [0.05, 0.1) is 32.7 Å². The van der Waals surface area contributed by atoms with Crippen LogP contribution < -0.4 is 10.6 Å². The predicted molar refractivity (Wildman–Crippen MR) is 139 cm³/mol. The molecule has 0 saturated carbocycles. The van der Waals surface area contributed by atoms with Gasteiger partial charge in [-0.1, -0.05) is 42.2 Å². The summed E-state index contributed by atoms with van der Waals surface area (Å²) in [6.45, 7) is 1.79. The summed E-state index contributed by atoms with van der Waals surface area (Å²) in [5.74, 6) is 7.58. The third-order valence-corrected chi connectivity index (χ3v) is 6.00. The number of hydrogen-bond acceptors (Lipinski definition) is 6. The van der Waals surface area contributed by atoms with Gasteiger partial charge in [0.15, 0.2) is 5.82 Å². The summed E-state index contributed by atoms with van der Waals surface area (Å²) in [7, 11) is 0. The molecule has 7 nitrogen and oxygen atoms in total. The lowest BCUT2D eigenvalue weighted by molar-refractivity contribution is -0.118. The molecule has 0 atom stereocenters. The van der Waals surface area contributed by atoms with Crippen LogP contribution in [0.2, 0.25) is 0 Å². The molecule has 9 heteroatoms. The van der Waals surface area contributed by atoms with Crippen LogP contribution >= 0.6 is 23.7 Å². The molecule has 0 radical (unpaired) electrons. The van der Waals surface area contributed by atoms with Gasteiger partial charge in [0, 0.05) is 19.0 Å². The molecule has 0 aliphatic heterocycles. The number of nitrogens with zero attached hydrogens (tertiary/aromatic N) is 3. The monoisotopic (exact) mass is 488 g/mol. The summed E-state index contributed by atoms with van der Waals surface area (Å²) >= 11 is 1.52. The molecule has 0 aliphatic carbocycles. The normalized spacial score (nSPS) is 10.4. The minimum Gasteiger partial charge on any atom is -0.345 e. The highest BCUT2D eigenvalue weighted by molar-refractivity contribution is 7.20. The van der Waals surface area contributed by atoms with E-state index in [0.717, 1.165) is 49.9 Å². The molecule has 0 saturated heterocycles. The second-order valence-electron chi connectivity index (χ2n) is 7.46. The molecular formula is C25H21ClN6OS. The molecule has 0 fully saturated rings. The van der Waals surface area contributed by atoms with E-state index in [-0.39, 0.29) is 18.3 Å². The fraction of sp³-hybridized carbons (Fsp3) is 0.120. The van der Waals surface area contributed by atoms with Gasteiger partial charge in [-0.3, -0.25) is 4.79 Å². The molecule has 2 aromatic carbocycles. The zero-order chi connectivity index (χ0) is 22.6. The van der Waals surface area contributed by atoms with E-state index >= 15 is 0 Å². The second-order valence-corrected chi connectivity index (χ2v) is 8.51. The average molecular weight is 489 g/mol. The van der Waals surface area contributed by atoms with Crippen molar-refractivity contribution in [2.24, 2.45) is 0 Å². The highest BCUT2D eigenvalue weighted by atomic mass is 35.5. The SMILES string of the molecule is CC(=O)NCC#Cc1cc2ncnc(Nc3ccc4[nH]c(Cc5ccccc5)nc4c3)c2s1.Cl. The van der Waals surface area contributed by atoms with E-state index in [2.05, 4.69) is 49.6 Å². The summed E-state index contributed by atoms with van der Waals surface area (Å²) in [5, 5.41) is 6.06. The summed E-state index contributed by atoms with van der Waals surface area (Å²) in [6.07, 6.45) is 2.29. The molecule has 170 valence electrons. The lowest BCUT2D eigenvalue weighted by atomic mass is 10.1. The molecule has 0 bridgehead atoms. The number of aromatic nitrogens is 4. The highest BCUT2D eigenvalue weighted by Crippen LogP contribution is 2.31. The van der Waals surface area contributed by atoms with Gasteiger partial charge in [-0.2, -0.15) is 0 Å². The first-order valence-corrected chi connectivity index (χ1v) is 11.2. The number of halogens is 1. The van der Waals surface area contributed by atoms with Crippen molar-refractivity contribution in [3.63, 3.8) is 0 Å². The number of nitrogens with one attached hydrogen (secondary N) is 3. The van der Waals surface area contributed by atoms with Gasteiger partial charge >= 0.3 is 0 Å². The Morgan fingerprint density at radius 2 is 1.94 bits per heavy atom. The number of anilines is 2. The van der Waals surface area contributed by atoms with Crippen LogP contribution in [-0.4, -0.2) is 32.4 Å². The van der Waals surface area contributed by atoms with Crippen LogP contribution in [0.15, 0.2) is 60.9 Å². The van der Waals surface area contributed by atoms with E-state index in [4.69, 9.17) is 4.98 Å². The number of imidazole rings is 1. The van der Waals surface area contributed by atoms with Crippen molar-refractivity contribution in [1.29, 1.82) is 0 Å². The average Bonchev–Trinajstić information content (AvgIpc) is 3.41. The summed E-state index contributed by atoms with van der Waals surface area (Å²) in [6, 6.07) is 18.2. The number of carbonyl (C=O) groups is 1. The van der Waals surface area contributed by atoms with Crippen LogP contribution in [0, 0.1) is 11.8 Å². The van der Waals surface area contributed by atoms with Gasteiger partial charge < -0.3 is 15.6 Å². The largest absolute Gasteiger partial charge is 0.345 e. The number of carbonyl (C=O) groups excluding carboxylic acids is 1. The van der Waals surface area contributed by atoms with Gasteiger partial charge in [-0.05, 0) is 29.8 Å². The summed E-state index contributed by atoms with van der Waals surface area (Å²) < 4.78 is 0.924. The molecule has 3 aromatic heterocycles. The van der Waals surface area contributed by atoms with Gasteiger partial charge in [-0.15, -0.1) is 23.7 Å². The topological polar surface area (TPSA) is 95.6 Å². The van der Waals surface area contributed by atoms with Crippen molar-refractivity contribution < 1.29 is 4.79 Å². The first-order valence-electron chi connectivity index (χ1n) is 10.4.